The molecule has 0 heterocycles. The maximum Gasteiger partial charge on any atom is 0.275 e. The lowest BCUT2D eigenvalue weighted by molar-refractivity contribution is -0.168. The number of aliphatic hydroxyl groups excluding tert-OH is 2. The number of aliphatic hydroxyl groups is 3. The van der Waals surface area contributed by atoms with Crippen LogP contribution in [-0.4, -0.2) is 39.1 Å². The summed E-state index contributed by atoms with van der Waals surface area (Å²) in [4.78, 5) is 0. The van der Waals surface area contributed by atoms with Gasteiger partial charge in [0.1, 0.15) is 5.60 Å². The minimum Gasteiger partial charge on any atom is -0.388 e. The summed E-state index contributed by atoms with van der Waals surface area (Å²) in [6, 6.07) is 0. The van der Waals surface area contributed by atoms with Gasteiger partial charge in [-0.3, -0.25) is 0 Å². The Morgan fingerprint density at radius 1 is 1.16 bits per heavy atom. The van der Waals surface area contributed by atoms with Crippen molar-refractivity contribution in [1.29, 1.82) is 0 Å². The number of allylic oxidation sites excluding steroid dienone is 3. The summed E-state index contributed by atoms with van der Waals surface area (Å²) in [7, 11) is 0. The predicted molar refractivity (Wildman–Crippen MR) is 124 cm³/mol. The molecule has 3 aliphatic rings. The third-order valence-electron chi connectivity index (χ3n) is 8.83. The highest BCUT2D eigenvalue weighted by atomic mass is 19.3. The second-order valence-corrected chi connectivity index (χ2v) is 11.5. The minimum atomic E-state index is -3.08. The summed E-state index contributed by atoms with van der Waals surface area (Å²) in [5, 5.41) is 30.0. The van der Waals surface area contributed by atoms with E-state index in [0.29, 0.717) is 36.7 Å². The third-order valence-corrected chi connectivity index (χ3v) is 8.83. The SMILES string of the molecule is C=C1C(O)C/C(=C\C=C2/CCC[C@@]3(C)C2CC[C@@H]3[C@@H](C)CCC(F)(F)C(C)(C)O)C[C@H]1O. The molecule has 3 aliphatic carbocycles. The molecule has 0 aromatic rings. The van der Waals surface area contributed by atoms with Crippen molar-refractivity contribution >= 4 is 0 Å². The summed E-state index contributed by atoms with van der Waals surface area (Å²) in [5.74, 6) is -2.03. The standard InChI is InChI=1S/C27H42F2O3/c1-17(12-14-27(28,29)25(3,4)32)21-10-11-22-20(7-6-13-26(21,22)5)9-8-19-15-23(30)18(2)24(31)16-19/h8-9,17,21-24,30-32H,2,6-7,10-16H2,1,3-5H3/b19-8-,20-9+/t17-,21+,22?,23+,24?,26+/m0/s1. The normalized spacial score (nSPS) is 37.7. The molecule has 0 amide bonds. The molecule has 3 nitrogen and oxygen atoms in total. The lowest BCUT2D eigenvalue weighted by Crippen LogP contribution is -2.43. The van der Waals surface area contributed by atoms with E-state index in [1.54, 1.807) is 0 Å². The zero-order chi connectivity index (χ0) is 23.9. The molecule has 3 fully saturated rings. The number of hydrogen-bond donors (Lipinski definition) is 3. The molecule has 0 aliphatic heterocycles. The van der Waals surface area contributed by atoms with E-state index in [1.807, 2.05) is 0 Å². The van der Waals surface area contributed by atoms with Gasteiger partial charge in [-0.25, -0.2) is 8.78 Å². The number of rotatable bonds is 6. The van der Waals surface area contributed by atoms with Crippen LogP contribution in [0, 0.1) is 23.2 Å². The quantitative estimate of drug-likeness (QED) is 0.437. The first-order chi connectivity index (χ1) is 14.8. The van der Waals surface area contributed by atoms with Gasteiger partial charge in [0.05, 0.1) is 12.2 Å². The van der Waals surface area contributed by atoms with E-state index < -0.39 is 23.7 Å². The number of halogens is 2. The first-order valence-electron chi connectivity index (χ1n) is 12.3. The van der Waals surface area contributed by atoms with Gasteiger partial charge < -0.3 is 15.3 Å². The van der Waals surface area contributed by atoms with Crippen LogP contribution in [0.1, 0.15) is 85.5 Å². The van der Waals surface area contributed by atoms with Crippen molar-refractivity contribution in [3.8, 4) is 0 Å². The van der Waals surface area contributed by atoms with Crippen LogP contribution in [0.15, 0.2) is 35.5 Å². The van der Waals surface area contributed by atoms with Crippen molar-refractivity contribution in [2.75, 3.05) is 0 Å². The van der Waals surface area contributed by atoms with Crippen molar-refractivity contribution < 1.29 is 24.1 Å². The molecule has 0 spiro atoms. The number of hydrogen-bond acceptors (Lipinski definition) is 3. The van der Waals surface area contributed by atoms with Crippen LogP contribution in [0.5, 0.6) is 0 Å². The molecule has 0 saturated heterocycles. The first kappa shape index (κ1) is 25.6. The summed E-state index contributed by atoms with van der Waals surface area (Å²) < 4.78 is 28.6. The molecule has 0 radical (unpaired) electrons. The fraction of sp³-hybridized carbons (Fsp3) is 0.778. The highest BCUT2D eigenvalue weighted by molar-refractivity contribution is 5.29. The molecule has 0 aromatic heterocycles. The highest BCUT2D eigenvalue weighted by Crippen LogP contribution is 2.60. The molecular formula is C27H42F2O3. The lowest BCUT2D eigenvalue weighted by Gasteiger charge is -2.44. The molecule has 3 saturated carbocycles. The van der Waals surface area contributed by atoms with Crippen LogP contribution in [-0.2, 0) is 0 Å². The van der Waals surface area contributed by atoms with E-state index in [1.165, 1.54) is 19.4 Å². The zero-order valence-electron chi connectivity index (χ0n) is 20.2. The van der Waals surface area contributed by atoms with E-state index in [2.05, 4.69) is 32.6 Å². The van der Waals surface area contributed by atoms with Crippen LogP contribution >= 0.6 is 0 Å². The monoisotopic (exact) mass is 452 g/mol. The van der Waals surface area contributed by atoms with Gasteiger partial charge in [0, 0.05) is 6.42 Å². The molecule has 2 unspecified atom stereocenters. The molecule has 182 valence electrons. The Balaban J connectivity index is 1.70. The van der Waals surface area contributed by atoms with Crippen molar-refractivity contribution in [1.82, 2.24) is 0 Å². The Labute approximate surface area is 192 Å². The van der Waals surface area contributed by atoms with Gasteiger partial charge in [0.25, 0.3) is 5.92 Å². The second-order valence-electron chi connectivity index (χ2n) is 11.5. The smallest absolute Gasteiger partial charge is 0.275 e. The van der Waals surface area contributed by atoms with E-state index in [9.17, 15) is 24.1 Å². The maximum atomic E-state index is 14.3. The van der Waals surface area contributed by atoms with Crippen molar-refractivity contribution in [3.05, 3.63) is 35.5 Å². The molecule has 0 aromatic carbocycles. The summed E-state index contributed by atoms with van der Waals surface area (Å²) in [6.07, 6.45) is 9.55. The van der Waals surface area contributed by atoms with Gasteiger partial charge in [0.2, 0.25) is 0 Å². The van der Waals surface area contributed by atoms with Gasteiger partial charge in [-0.1, -0.05) is 43.7 Å². The average Bonchev–Trinajstić information content (AvgIpc) is 3.05. The maximum absolute atomic E-state index is 14.3. The Morgan fingerprint density at radius 2 is 1.78 bits per heavy atom. The Hall–Kier alpha value is -1.04. The van der Waals surface area contributed by atoms with Crippen LogP contribution in [0.4, 0.5) is 8.78 Å². The first-order valence-corrected chi connectivity index (χ1v) is 12.3. The van der Waals surface area contributed by atoms with Gasteiger partial charge in [-0.15, -0.1) is 0 Å². The summed E-state index contributed by atoms with van der Waals surface area (Å²) >= 11 is 0. The largest absolute Gasteiger partial charge is 0.388 e. The van der Waals surface area contributed by atoms with Crippen molar-refractivity contribution in [3.63, 3.8) is 0 Å². The fourth-order valence-corrected chi connectivity index (χ4v) is 6.56. The highest BCUT2D eigenvalue weighted by Gasteiger charge is 2.51. The van der Waals surface area contributed by atoms with Gasteiger partial charge in [0.15, 0.2) is 0 Å². The number of fused-ring (bicyclic) bond motifs is 1. The molecule has 6 atom stereocenters. The molecule has 3 N–H and O–H groups in total. The third kappa shape index (κ3) is 5.05. The Bertz CT molecular complexity index is 747. The predicted octanol–water partition coefficient (Wildman–Crippen LogP) is 5.95. The van der Waals surface area contributed by atoms with Crippen molar-refractivity contribution in [2.45, 2.75) is 109 Å². The summed E-state index contributed by atoms with van der Waals surface area (Å²) in [6.45, 7) is 10.6. The zero-order valence-corrected chi connectivity index (χ0v) is 20.2. The van der Waals surface area contributed by atoms with E-state index in [4.69, 9.17) is 0 Å². The fourth-order valence-electron chi connectivity index (χ4n) is 6.56. The van der Waals surface area contributed by atoms with Crippen LogP contribution in [0.3, 0.4) is 0 Å². The Kier molecular flexibility index (Phi) is 7.44. The second kappa shape index (κ2) is 9.31. The lowest BCUT2D eigenvalue weighted by atomic mass is 9.60. The molecule has 32 heavy (non-hydrogen) atoms. The molecular weight excluding hydrogens is 410 g/mol. The van der Waals surface area contributed by atoms with Crippen LogP contribution in [0.2, 0.25) is 0 Å². The molecule has 5 heteroatoms. The van der Waals surface area contributed by atoms with Crippen LogP contribution in [0.25, 0.3) is 0 Å². The topological polar surface area (TPSA) is 60.7 Å². The van der Waals surface area contributed by atoms with Gasteiger partial charge >= 0.3 is 0 Å². The van der Waals surface area contributed by atoms with E-state index in [0.717, 1.165) is 37.7 Å². The summed E-state index contributed by atoms with van der Waals surface area (Å²) in [5.41, 5.74) is 1.11. The average molecular weight is 453 g/mol. The van der Waals surface area contributed by atoms with Crippen LogP contribution < -0.4 is 0 Å². The minimum absolute atomic E-state index is 0.117. The number of alkyl halides is 2. The molecule has 0 bridgehead atoms. The van der Waals surface area contributed by atoms with Gasteiger partial charge in [-0.2, -0.15) is 0 Å². The molecule has 3 rings (SSSR count). The van der Waals surface area contributed by atoms with Gasteiger partial charge in [-0.05, 0) is 94.0 Å². The van der Waals surface area contributed by atoms with E-state index in [-0.39, 0.29) is 17.8 Å². The Morgan fingerprint density at radius 3 is 2.38 bits per heavy atom. The van der Waals surface area contributed by atoms with E-state index >= 15 is 0 Å². The van der Waals surface area contributed by atoms with Crippen molar-refractivity contribution in [2.24, 2.45) is 23.2 Å².